The maximum Gasteiger partial charge on any atom is 0.325 e. The zero-order valence-corrected chi connectivity index (χ0v) is 12.8. The highest BCUT2D eigenvalue weighted by Gasteiger charge is 2.11. The number of amides is 1. The van der Waals surface area contributed by atoms with Gasteiger partial charge in [0, 0.05) is 5.56 Å². The normalized spacial score (nSPS) is 10.4. The highest BCUT2D eigenvalue weighted by atomic mass is 16.5. The smallest absolute Gasteiger partial charge is 0.325 e. The van der Waals surface area contributed by atoms with E-state index in [9.17, 15) is 9.59 Å². The molecule has 4 nitrogen and oxygen atoms in total. The number of benzene rings is 2. The number of hydrogen-bond donors (Lipinski definition) is 1. The Balaban J connectivity index is 1.90. The van der Waals surface area contributed by atoms with Crippen molar-refractivity contribution in [2.45, 2.75) is 26.2 Å². The SMILES string of the molecule is CCCCCOC(=O)CNC(=O)c1cccc2ccccc12. The summed E-state index contributed by atoms with van der Waals surface area (Å²) < 4.78 is 5.06. The minimum atomic E-state index is -0.398. The van der Waals surface area contributed by atoms with Gasteiger partial charge in [-0.2, -0.15) is 0 Å². The third-order valence-corrected chi connectivity index (χ3v) is 3.44. The third-order valence-electron chi connectivity index (χ3n) is 3.44. The second-order valence-corrected chi connectivity index (χ2v) is 5.14. The Labute approximate surface area is 130 Å². The summed E-state index contributed by atoms with van der Waals surface area (Å²) in [5.74, 6) is -0.660. The summed E-state index contributed by atoms with van der Waals surface area (Å²) >= 11 is 0. The van der Waals surface area contributed by atoms with Crippen LogP contribution in [-0.4, -0.2) is 25.0 Å². The van der Waals surface area contributed by atoms with Crippen LogP contribution in [0.5, 0.6) is 0 Å². The van der Waals surface area contributed by atoms with E-state index in [-0.39, 0.29) is 12.5 Å². The van der Waals surface area contributed by atoms with Gasteiger partial charge in [-0.15, -0.1) is 0 Å². The van der Waals surface area contributed by atoms with Gasteiger partial charge < -0.3 is 10.1 Å². The van der Waals surface area contributed by atoms with Crippen molar-refractivity contribution in [1.29, 1.82) is 0 Å². The summed E-state index contributed by atoms with van der Waals surface area (Å²) in [6.45, 7) is 2.40. The number of rotatable bonds is 7. The first kappa shape index (κ1) is 16.0. The van der Waals surface area contributed by atoms with Crippen molar-refractivity contribution >= 4 is 22.6 Å². The molecule has 0 bridgehead atoms. The van der Waals surface area contributed by atoms with E-state index < -0.39 is 5.97 Å². The van der Waals surface area contributed by atoms with Crippen LogP contribution in [0.2, 0.25) is 0 Å². The molecule has 116 valence electrons. The molecule has 0 aromatic heterocycles. The average molecular weight is 299 g/mol. The number of fused-ring (bicyclic) bond motifs is 1. The largest absolute Gasteiger partial charge is 0.464 e. The molecule has 0 atom stereocenters. The average Bonchev–Trinajstić information content (AvgIpc) is 2.56. The first-order chi connectivity index (χ1) is 10.7. The highest BCUT2D eigenvalue weighted by Crippen LogP contribution is 2.18. The standard InChI is InChI=1S/C18H21NO3/c1-2-3-6-12-22-17(20)13-19-18(21)16-11-7-9-14-8-4-5-10-15(14)16/h4-5,7-11H,2-3,6,12-13H2,1H3,(H,19,21). The fraction of sp³-hybridized carbons (Fsp3) is 0.333. The van der Waals surface area contributed by atoms with E-state index in [1.807, 2.05) is 36.4 Å². The van der Waals surface area contributed by atoms with E-state index in [4.69, 9.17) is 4.74 Å². The van der Waals surface area contributed by atoms with Crippen LogP contribution in [0.1, 0.15) is 36.5 Å². The van der Waals surface area contributed by atoms with Crippen molar-refractivity contribution < 1.29 is 14.3 Å². The molecule has 0 saturated carbocycles. The van der Waals surface area contributed by atoms with Gasteiger partial charge in [0.05, 0.1) is 6.61 Å². The lowest BCUT2D eigenvalue weighted by atomic mass is 10.0. The minimum Gasteiger partial charge on any atom is -0.464 e. The summed E-state index contributed by atoms with van der Waals surface area (Å²) in [6, 6.07) is 13.2. The number of hydrogen-bond acceptors (Lipinski definition) is 3. The van der Waals surface area contributed by atoms with Crippen molar-refractivity contribution in [1.82, 2.24) is 5.32 Å². The Bertz CT molecular complexity index is 646. The van der Waals surface area contributed by atoms with Gasteiger partial charge in [-0.05, 0) is 23.3 Å². The Morgan fingerprint density at radius 1 is 1.05 bits per heavy atom. The van der Waals surface area contributed by atoms with Crippen LogP contribution in [0.25, 0.3) is 10.8 Å². The van der Waals surface area contributed by atoms with E-state index in [1.54, 1.807) is 6.07 Å². The van der Waals surface area contributed by atoms with Gasteiger partial charge in [0.2, 0.25) is 0 Å². The van der Waals surface area contributed by atoms with Gasteiger partial charge in [0.25, 0.3) is 5.91 Å². The second-order valence-electron chi connectivity index (χ2n) is 5.14. The lowest BCUT2D eigenvalue weighted by Gasteiger charge is -2.08. The predicted octanol–water partition coefficient (Wildman–Crippen LogP) is 3.30. The van der Waals surface area contributed by atoms with Crippen LogP contribution < -0.4 is 5.32 Å². The topological polar surface area (TPSA) is 55.4 Å². The molecule has 1 amide bonds. The van der Waals surface area contributed by atoms with Crippen LogP contribution >= 0.6 is 0 Å². The molecule has 2 rings (SSSR count). The van der Waals surface area contributed by atoms with E-state index in [0.717, 1.165) is 30.0 Å². The van der Waals surface area contributed by atoms with Crippen LogP contribution in [-0.2, 0) is 9.53 Å². The van der Waals surface area contributed by atoms with Gasteiger partial charge in [-0.1, -0.05) is 56.2 Å². The van der Waals surface area contributed by atoms with E-state index in [0.29, 0.717) is 12.2 Å². The molecule has 0 aliphatic rings. The molecule has 1 N–H and O–H groups in total. The molecule has 4 heteroatoms. The molecule has 0 saturated heterocycles. The molecule has 22 heavy (non-hydrogen) atoms. The number of nitrogens with one attached hydrogen (secondary N) is 1. The first-order valence-electron chi connectivity index (χ1n) is 7.64. The molecular weight excluding hydrogens is 278 g/mol. The lowest BCUT2D eigenvalue weighted by Crippen LogP contribution is -2.30. The maximum absolute atomic E-state index is 12.2. The van der Waals surface area contributed by atoms with Crippen molar-refractivity contribution in [2.75, 3.05) is 13.2 Å². The van der Waals surface area contributed by atoms with Gasteiger partial charge in [0.1, 0.15) is 6.54 Å². The molecule has 0 aliphatic heterocycles. The van der Waals surface area contributed by atoms with Gasteiger partial charge >= 0.3 is 5.97 Å². The van der Waals surface area contributed by atoms with Gasteiger partial charge in [0.15, 0.2) is 0 Å². The van der Waals surface area contributed by atoms with Crippen molar-refractivity contribution in [3.63, 3.8) is 0 Å². The minimum absolute atomic E-state index is 0.103. The summed E-state index contributed by atoms with van der Waals surface area (Å²) in [4.78, 5) is 23.8. The fourth-order valence-corrected chi connectivity index (χ4v) is 2.26. The quantitative estimate of drug-likeness (QED) is 0.630. The third kappa shape index (κ3) is 4.32. The van der Waals surface area contributed by atoms with Crippen LogP contribution in [0, 0.1) is 0 Å². The molecule has 0 unspecified atom stereocenters. The molecule has 0 aliphatic carbocycles. The summed E-state index contributed by atoms with van der Waals surface area (Å²) in [6.07, 6.45) is 2.98. The molecule has 0 spiro atoms. The van der Waals surface area contributed by atoms with Crippen LogP contribution in [0.15, 0.2) is 42.5 Å². The lowest BCUT2D eigenvalue weighted by molar-refractivity contribution is -0.142. The van der Waals surface area contributed by atoms with Crippen LogP contribution in [0.4, 0.5) is 0 Å². The maximum atomic E-state index is 12.2. The Morgan fingerprint density at radius 2 is 1.82 bits per heavy atom. The number of ether oxygens (including phenoxy) is 1. The van der Waals surface area contributed by atoms with Gasteiger partial charge in [-0.3, -0.25) is 9.59 Å². The van der Waals surface area contributed by atoms with Gasteiger partial charge in [-0.25, -0.2) is 0 Å². The fourth-order valence-electron chi connectivity index (χ4n) is 2.26. The summed E-state index contributed by atoms with van der Waals surface area (Å²) in [7, 11) is 0. The van der Waals surface area contributed by atoms with Crippen molar-refractivity contribution in [2.24, 2.45) is 0 Å². The van der Waals surface area contributed by atoms with E-state index in [2.05, 4.69) is 12.2 Å². The van der Waals surface area contributed by atoms with E-state index >= 15 is 0 Å². The molecule has 0 fully saturated rings. The molecule has 2 aromatic carbocycles. The summed E-state index contributed by atoms with van der Waals surface area (Å²) in [5, 5.41) is 4.49. The zero-order chi connectivity index (χ0) is 15.8. The summed E-state index contributed by atoms with van der Waals surface area (Å²) in [5.41, 5.74) is 0.567. The van der Waals surface area contributed by atoms with Crippen molar-refractivity contribution in [3.05, 3.63) is 48.0 Å². The first-order valence-corrected chi connectivity index (χ1v) is 7.64. The Hall–Kier alpha value is -2.36. The molecule has 0 heterocycles. The Kier molecular flexibility index (Phi) is 5.95. The molecular formula is C18H21NO3. The monoisotopic (exact) mass is 299 g/mol. The van der Waals surface area contributed by atoms with Crippen molar-refractivity contribution in [3.8, 4) is 0 Å². The number of esters is 1. The van der Waals surface area contributed by atoms with E-state index in [1.165, 1.54) is 0 Å². The second kappa shape index (κ2) is 8.17. The van der Waals surface area contributed by atoms with Crippen LogP contribution in [0.3, 0.4) is 0 Å². The zero-order valence-electron chi connectivity index (χ0n) is 12.8. The molecule has 0 radical (unpaired) electrons. The predicted molar refractivity (Wildman–Crippen MR) is 86.8 cm³/mol. The number of carbonyl (C=O) groups is 2. The molecule has 2 aromatic rings. The number of unbranched alkanes of at least 4 members (excludes halogenated alkanes) is 2. The number of carbonyl (C=O) groups excluding carboxylic acids is 2. The highest BCUT2D eigenvalue weighted by molar-refractivity contribution is 6.07. The Morgan fingerprint density at radius 3 is 2.64 bits per heavy atom.